The van der Waals surface area contributed by atoms with Crippen molar-refractivity contribution in [3.05, 3.63) is 53.2 Å². The molecular formula is C21H22ClN3O4. The van der Waals surface area contributed by atoms with E-state index in [0.29, 0.717) is 10.8 Å². The Hall–Kier alpha value is -2.93. The molecule has 1 aromatic heterocycles. The van der Waals surface area contributed by atoms with Crippen molar-refractivity contribution in [3.8, 4) is 0 Å². The summed E-state index contributed by atoms with van der Waals surface area (Å²) in [5.74, 6) is -1.51. The van der Waals surface area contributed by atoms with E-state index in [1.807, 2.05) is 31.2 Å². The molecule has 2 aromatic rings. The van der Waals surface area contributed by atoms with Crippen LogP contribution in [0.25, 0.3) is 0 Å². The molecule has 1 fully saturated rings. The monoisotopic (exact) mass is 415 g/mol. The number of benzene rings is 1. The van der Waals surface area contributed by atoms with Gasteiger partial charge in [-0.05, 0) is 37.1 Å². The average molecular weight is 416 g/mol. The Morgan fingerprint density at radius 2 is 2.07 bits per heavy atom. The SMILES string of the molecule is CCc1ccccc1N1C[C@@H](C(=O)O[C@H](C)C(=O)Nc2ccc(Cl)cn2)CC1=O. The second-order valence-corrected chi connectivity index (χ2v) is 7.25. The molecule has 1 aromatic carbocycles. The van der Waals surface area contributed by atoms with Crippen molar-refractivity contribution in [1.29, 1.82) is 0 Å². The molecule has 0 radical (unpaired) electrons. The van der Waals surface area contributed by atoms with E-state index in [0.717, 1.165) is 17.7 Å². The third-order valence-corrected chi connectivity index (χ3v) is 4.99. The Morgan fingerprint density at radius 1 is 1.31 bits per heavy atom. The molecule has 1 N–H and O–H groups in total. The largest absolute Gasteiger partial charge is 0.452 e. The highest BCUT2D eigenvalue weighted by Gasteiger charge is 2.37. The zero-order valence-electron chi connectivity index (χ0n) is 16.2. The third kappa shape index (κ3) is 4.92. The van der Waals surface area contributed by atoms with Crippen LogP contribution in [-0.2, 0) is 25.5 Å². The Labute approximate surface area is 174 Å². The van der Waals surface area contributed by atoms with Crippen LogP contribution in [0.4, 0.5) is 11.5 Å². The normalized spacial score (nSPS) is 17.1. The van der Waals surface area contributed by atoms with Crippen molar-refractivity contribution in [2.45, 2.75) is 32.8 Å². The van der Waals surface area contributed by atoms with Crippen molar-refractivity contribution < 1.29 is 19.1 Å². The average Bonchev–Trinajstić information content (AvgIpc) is 3.11. The molecule has 0 spiro atoms. The van der Waals surface area contributed by atoms with E-state index in [4.69, 9.17) is 16.3 Å². The number of aryl methyl sites for hydroxylation is 1. The lowest BCUT2D eigenvalue weighted by Gasteiger charge is -2.20. The minimum Gasteiger partial charge on any atom is -0.452 e. The van der Waals surface area contributed by atoms with Crippen LogP contribution < -0.4 is 10.2 Å². The lowest BCUT2D eigenvalue weighted by Crippen LogP contribution is -2.33. The highest BCUT2D eigenvalue weighted by Crippen LogP contribution is 2.29. The van der Waals surface area contributed by atoms with Gasteiger partial charge in [0.05, 0.1) is 10.9 Å². The van der Waals surface area contributed by atoms with Gasteiger partial charge in [0.15, 0.2) is 6.10 Å². The van der Waals surface area contributed by atoms with E-state index < -0.39 is 23.9 Å². The summed E-state index contributed by atoms with van der Waals surface area (Å²) in [5.41, 5.74) is 1.85. The van der Waals surface area contributed by atoms with E-state index in [-0.39, 0.29) is 18.9 Å². The number of pyridine rings is 1. The van der Waals surface area contributed by atoms with Gasteiger partial charge >= 0.3 is 5.97 Å². The second kappa shape index (κ2) is 9.05. The van der Waals surface area contributed by atoms with Crippen molar-refractivity contribution >= 4 is 40.9 Å². The number of hydrogen-bond acceptors (Lipinski definition) is 5. The predicted molar refractivity (Wildman–Crippen MR) is 110 cm³/mol. The molecule has 0 aliphatic carbocycles. The molecule has 8 heteroatoms. The van der Waals surface area contributed by atoms with Crippen LogP contribution in [0, 0.1) is 5.92 Å². The molecule has 7 nitrogen and oxygen atoms in total. The Balaban J connectivity index is 1.60. The summed E-state index contributed by atoms with van der Waals surface area (Å²) < 4.78 is 5.30. The topological polar surface area (TPSA) is 88.6 Å². The molecule has 0 unspecified atom stereocenters. The number of rotatable bonds is 6. The molecule has 0 bridgehead atoms. The molecule has 2 atom stereocenters. The number of halogens is 1. The number of carbonyl (C=O) groups is 3. The van der Waals surface area contributed by atoms with E-state index >= 15 is 0 Å². The Morgan fingerprint density at radius 3 is 2.76 bits per heavy atom. The smallest absolute Gasteiger partial charge is 0.312 e. The van der Waals surface area contributed by atoms with Crippen LogP contribution in [0.2, 0.25) is 5.02 Å². The van der Waals surface area contributed by atoms with Crippen LogP contribution in [-0.4, -0.2) is 35.4 Å². The summed E-state index contributed by atoms with van der Waals surface area (Å²) in [4.78, 5) is 42.8. The minimum atomic E-state index is -1.02. The summed E-state index contributed by atoms with van der Waals surface area (Å²) in [6.45, 7) is 3.73. The molecule has 1 aliphatic rings. The van der Waals surface area contributed by atoms with E-state index in [1.54, 1.807) is 17.0 Å². The van der Waals surface area contributed by atoms with E-state index in [1.165, 1.54) is 13.1 Å². The fourth-order valence-corrected chi connectivity index (χ4v) is 3.28. The van der Waals surface area contributed by atoms with Crippen molar-refractivity contribution in [2.24, 2.45) is 5.92 Å². The van der Waals surface area contributed by atoms with Gasteiger partial charge < -0.3 is 15.0 Å². The van der Waals surface area contributed by atoms with Crippen LogP contribution >= 0.6 is 11.6 Å². The fourth-order valence-electron chi connectivity index (χ4n) is 3.17. The van der Waals surface area contributed by atoms with Gasteiger partial charge in [-0.1, -0.05) is 36.7 Å². The standard InChI is InChI=1S/C21H22ClN3O4/c1-3-14-6-4-5-7-17(14)25-12-15(10-19(25)26)21(28)29-13(2)20(27)24-18-9-8-16(22)11-23-18/h4-9,11,13,15H,3,10,12H2,1-2H3,(H,23,24,27)/t13-,15+/m1/s1. The fraction of sp³-hybridized carbons (Fsp3) is 0.333. The van der Waals surface area contributed by atoms with Crippen molar-refractivity contribution in [3.63, 3.8) is 0 Å². The first-order chi connectivity index (χ1) is 13.9. The summed E-state index contributed by atoms with van der Waals surface area (Å²) in [6.07, 6.45) is 1.22. The Bertz CT molecular complexity index is 916. The number of amides is 2. The van der Waals surface area contributed by atoms with Crippen molar-refractivity contribution in [1.82, 2.24) is 4.98 Å². The number of anilines is 2. The van der Waals surface area contributed by atoms with Crippen LogP contribution in [0.5, 0.6) is 0 Å². The van der Waals surface area contributed by atoms with Gasteiger partial charge in [0.2, 0.25) is 5.91 Å². The minimum absolute atomic E-state index is 0.0595. The maximum atomic E-state index is 12.5. The number of aromatic nitrogens is 1. The quantitative estimate of drug-likeness (QED) is 0.732. The molecule has 1 aliphatic heterocycles. The Kier molecular flexibility index (Phi) is 6.49. The molecule has 1 saturated heterocycles. The molecular weight excluding hydrogens is 394 g/mol. The lowest BCUT2D eigenvalue weighted by atomic mass is 10.1. The zero-order chi connectivity index (χ0) is 21.0. The molecule has 2 amide bonds. The van der Waals surface area contributed by atoms with Crippen LogP contribution in [0.1, 0.15) is 25.8 Å². The number of nitrogens with zero attached hydrogens (tertiary/aromatic N) is 2. The first-order valence-electron chi connectivity index (χ1n) is 9.40. The number of hydrogen-bond donors (Lipinski definition) is 1. The first kappa shape index (κ1) is 20.8. The second-order valence-electron chi connectivity index (χ2n) is 6.82. The maximum absolute atomic E-state index is 12.5. The van der Waals surface area contributed by atoms with Gasteiger partial charge in [0.25, 0.3) is 5.91 Å². The summed E-state index contributed by atoms with van der Waals surface area (Å²) in [7, 11) is 0. The molecule has 29 heavy (non-hydrogen) atoms. The summed E-state index contributed by atoms with van der Waals surface area (Å²) in [6, 6.07) is 10.8. The van der Waals surface area contributed by atoms with Gasteiger partial charge in [-0.3, -0.25) is 14.4 Å². The first-order valence-corrected chi connectivity index (χ1v) is 9.78. The summed E-state index contributed by atoms with van der Waals surface area (Å²) in [5, 5.41) is 3.01. The molecule has 0 saturated carbocycles. The van der Waals surface area contributed by atoms with Gasteiger partial charge in [-0.15, -0.1) is 0 Å². The molecule has 2 heterocycles. The van der Waals surface area contributed by atoms with Gasteiger partial charge in [0.1, 0.15) is 5.82 Å². The van der Waals surface area contributed by atoms with Crippen molar-refractivity contribution in [2.75, 3.05) is 16.8 Å². The summed E-state index contributed by atoms with van der Waals surface area (Å²) >= 11 is 5.76. The number of carbonyl (C=O) groups excluding carboxylic acids is 3. The number of nitrogens with one attached hydrogen (secondary N) is 1. The molecule has 152 valence electrons. The van der Waals surface area contributed by atoms with Gasteiger partial charge in [0, 0.05) is 24.8 Å². The van der Waals surface area contributed by atoms with Crippen LogP contribution in [0.15, 0.2) is 42.6 Å². The van der Waals surface area contributed by atoms with Gasteiger partial charge in [-0.2, -0.15) is 0 Å². The van der Waals surface area contributed by atoms with Gasteiger partial charge in [-0.25, -0.2) is 4.98 Å². The number of esters is 1. The third-order valence-electron chi connectivity index (χ3n) is 4.76. The van der Waals surface area contributed by atoms with E-state index in [2.05, 4.69) is 10.3 Å². The highest BCUT2D eigenvalue weighted by atomic mass is 35.5. The number of para-hydroxylation sites is 1. The number of ether oxygens (including phenoxy) is 1. The zero-order valence-corrected chi connectivity index (χ0v) is 17.0. The highest BCUT2D eigenvalue weighted by molar-refractivity contribution is 6.30. The predicted octanol–water partition coefficient (Wildman–Crippen LogP) is 3.22. The van der Waals surface area contributed by atoms with Crippen LogP contribution in [0.3, 0.4) is 0 Å². The molecule has 3 rings (SSSR count). The van der Waals surface area contributed by atoms with E-state index in [9.17, 15) is 14.4 Å². The maximum Gasteiger partial charge on any atom is 0.312 e. The lowest BCUT2D eigenvalue weighted by molar-refractivity contribution is -0.157.